The van der Waals surface area contributed by atoms with Crippen molar-refractivity contribution in [3.05, 3.63) is 69.6 Å². The molecule has 2 amide bonds. The lowest BCUT2D eigenvalue weighted by atomic mass is 10.1. The molecule has 1 aliphatic heterocycles. The lowest BCUT2D eigenvalue weighted by Gasteiger charge is -2.37. The van der Waals surface area contributed by atoms with Crippen molar-refractivity contribution < 1.29 is 4.79 Å². The number of anilines is 2. The molecule has 1 aliphatic rings. The van der Waals surface area contributed by atoms with Gasteiger partial charge in [0.2, 0.25) is 0 Å². The van der Waals surface area contributed by atoms with Gasteiger partial charge in [0.15, 0.2) is 0 Å². The molecule has 0 spiro atoms. The van der Waals surface area contributed by atoms with Gasteiger partial charge in [0.05, 0.1) is 5.69 Å². The third kappa shape index (κ3) is 5.49. The van der Waals surface area contributed by atoms with Crippen LogP contribution >= 0.6 is 11.6 Å². The molecule has 1 saturated heterocycles. The molecule has 174 valence electrons. The number of amides is 2. The maximum Gasteiger partial charge on any atom is 0.319 e. The molecular weight excluding hydrogens is 438 g/mol. The van der Waals surface area contributed by atoms with Gasteiger partial charge in [0, 0.05) is 67.5 Å². The predicted molar refractivity (Wildman–Crippen MR) is 136 cm³/mol. The van der Waals surface area contributed by atoms with Crippen LogP contribution in [-0.2, 0) is 7.05 Å². The van der Waals surface area contributed by atoms with Gasteiger partial charge < -0.3 is 20.1 Å². The van der Waals surface area contributed by atoms with Crippen LogP contribution in [0.2, 0.25) is 5.02 Å². The Balaban J connectivity index is 1.22. The maximum absolute atomic E-state index is 12.4. The van der Waals surface area contributed by atoms with E-state index in [1.807, 2.05) is 30.3 Å². The van der Waals surface area contributed by atoms with Gasteiger partial charge in [-0.05, 0) is 43.7 Å². The number of hydrogen-bond acceptors (Lipinski definition) is 4. The van der Waals surface area contributed by atoms with Crippen LogP contribution in [-0.4, -0.2) is 54.8 Å². The number of carbonyl (C=O) groups is 1. The van der Waals surface area contributed by atoms with Crippen molar-refractivity contribution in [3.63, 3.8) is 0 Å². The lowest BCUT2D eigenvalue weighted by Crippen LogP contribution is -2.47. The van der Waals surface area contributed by atoms with E-state index in [4.69, 9.17) is 11.6 Å². The Morgan fingerprint density at radius 1 is 1.06 bits per heavy atom. The molecule has 33 heavy (non-hydrogen) atoms. The fourth-order valence-electron chi connectivity index (χ4n) is 4.32. The second kappa shape index (κ2) is 10.3. The number of hydrogen-bond donors (Lipinski definition) is 2. The number of carbonyl (C=O) groups excluding carboxylic acids is 1. The Bertz CT molecular complexity index is 1200. The molecule has 0 bridgehead atoms. The van der Waals surface area contributed by atoms with E-state index in [2.05, 4.69) is 33.4 Å². The Morgan fingerprint density at radius 2 is 1.79 bits per heavy atom. The number of pyridine rings is 1. The fraction of sp³-hybridized carbons (Fsp3) is 0.360. The molecule has 0 atom stereocenters. The highest BCUT2D eigenvalue weighted by Crippen LogP contribution is 2.25. The molecule has 4 rings (SSSR count). The predicted octanol–water partition coefficient (Wildman–Crippen LogP) is 3.83. The van der Waals surface area contributed by atoms with Crippen molar-refractivity contribution in [2.45, 2.75) is 13.3 Å². The normalized spacial score (nSPS) is 14.5. The van der Waals surface area contributed by atoms with E-state index < -0.39 is 0 Å². The number of aryl methyl sites for hydroxylation is 2. The first-order valence-electron chi connectivity index (χ1n) is 11.3. The number of halogens is 1. The van der Waals surface area contributed by atoms with Crippen molar-refractivity contribution in [1.29, 1.82) is 0 Å². The number of piperazine rings is 1. The number of nitrogens with zero attached hydrogens (tertiary/aromatic N) is 3. The Morgan fingerprint density at radius 3 is 2.55 bits per heavy atom. The maximum atomic E-state index is 12.4. The average Bonchev–Trinajstić information content (AvgIpc) is 2.82. The Kier molecular flexibility index (Phi) is 7.20. The van der Waals surface area contributed by atoms with E-state index in [1.54, 1.807) is 19.3 Å². The van der Waals surface area contributed by atoms with Crippen molar-refractivity contribution in [2.75, 3.05) is 49.5 Å². The summed E-state index contributed by atoms with van der Waals surface area (Å²) in [7, 11) is 1.69. The van der Waals surface area contributed by atoms with Gasteiger partial charge in [-0.3, -0.25) is 9.69 Å². The van der Waals surface area contributed by atoms with Crippen LogP contribution in [0.4, 0.5) is 16.2 Å². The molecule has 7 nitrogen and oxygen atoms in total. The van der Waals surface area contributed by atoms with Crippen LogP contribution in [0.25, 0.3) is 10.8 Å². The summed E-state index contributed by atoms with van der Waals surface area (Å²) in [5.41, 5.74) is 3.00. The summed E-state index contributed by atoms with van der Waals surface area (Å²) in [5.74, 6) is 0. The second-order valence-corrected chi connectivity index (χ2v) is 8.93. The average molecular weight is 468 g/mol. The largest absolute Gasteiger partial charge is 0.369 e. The summed E-state index contributed by atoms with van der Waals surface area (Å²) >= 11 is 6.18. The topological polar surface area (TPSA) is 69.6 Å². The monoisotopic (exact) mass is 467 g/mol. The number of rotatable bonds is 6. The molecule has 2 aromatic carbocycles. The van der Waals surface area contributed by atoms with E-state index in [0.717, 1.165) is 49.6 Å². The molecule has 8 heteroatoms. The molecule has 0 saturated carbocycles. The van der Waals surface area contributed by atoms with Gasteiger partial charge in [-0.15, -0.1) is 0 Å². The molecule has 0 radical (unpaired) electrons. The first-order chi connectivity index (χ1) is 15.9. The number of fused-ring (bicyclic) bond motifs is 1. The third-order valence-electron chi connectivity index (χ3n) is 6.16. The lowest BCUT2D eigenvalue weighted by molar-refractivity contribution is 0.244. The summed E-state index contributed by atoms with van der Waals surface area (Å²) in [6.45, 7) is 7.55. The molecular formula is C25H30ClN5O2. The molecule has 3 aromatic rings. The molecule has 1 fully saturated rings. The molecule has 2 heterocycles. The van der Waals surface area contributed by atoms with Crippen LogP contribution in [0.5, 0.6) is 0 Å². The number of aromatic nitrogens is 1. The molecule has 1 aromatic heterocycles. The Hall–Kier alpha value is -3.03. The first kappa shape index (κ1) is 23.1. The van der Waals surface area contributed by atoms with Crippen molar-refractivity contribution >= 4 is 39.8 Å². The van der Waals surface area contributed by atoms with E-state index in [-0.39, 0.29) is 11.6 Å². The van der Waals surface area contributed by atoms with Crippen LogP contribution in [0.15, 0.2) is 53.5 Å². The van der Waals surface area contributed by atoms with Gasteiger partial charge in [-0.25, -0.2) is 4.79 Å². The van der Waals surface area contributed by atoms with Gasteiger partial charge >= 0.3 is 6.03 Å². The second-order valence-electron chi connectivity index (χ2n) is 8.50. The van der Waals surface area contributed by atoms with E-state index in [1.165, 1.54) is 15.8 Å². The third-order valence-corrected chi connectivity index (χ3v) is 6.39. The number of urea groups is 1. The number of benzene rings is 2. The fourth-order valence-corrected chi connectivity index (χ4v) is 4.49. The van der Waals surface area contributed by atoms with E-state index in [0.29, 0.717) is 17.6 Å². The van der Waals surface area contributed by atoms with Crippen molar-refractivity contribution in [2.24, 2.45) is 7.05 Å². The first-order valence-corrected chi connectivity index (χ1v) is 11.7. The summed E-state index contributed by atoms with van der Waals surface area (Å²) in [4.78, 5) is 29.5. The van der Waals surface area contributed by atoms with Crippen LogP contribution in [0.1, 0.15) is 12.0 Å². The quantitative estimate of drug-likeness (QED) is 0.540. The van der Waals surface area contributed by atoms with Gasteiger partial charge in [0.25, 0.3) is 5.56 Å². The minimum Gasteiger partial charge on any atom is -0.369 e. The van der Waals surface area contributed by atoms with Crippen molar-refractivity contribution in [3.8, 4) is 0 Å². The smallest absolute Gasteiger partial charge is 0.319 e. The minimum absolute atomic E-state index is 0.0813. The Labute approximate surface area is 198 Å². The number of nitrogens with one attached hydrogen (secondary N) is 2. The minimum atomic E-state index is -0.264. The zero-order chi connectivity index (χ0) is 23.4. The van der Waals surface area contributed by atoms with Gasteiger partial charge in [-0.2, -0.15) is 0 Å². The van der Waals surface area contributed by atoms with E-state index in [9.17, 15) is 9.59 Å². The summed E-state index contributed by atoms with van der Waals surface area (Å²) in [6.07, 6.45) is 2.53. The summed E-state index contributed by atoms with van der Waals surface area (Å²) in [5, 5.41) is 7.91. The van der Waals surface area contributed by atoms with Crippen LogP contribution in [0.3, 0.4) is 0 Å². The summed E-state index contributed by atoms with van der Waals surface area (Å²) in [6, 6.07) is 13.1. The highest BCUT2D eigenvalue weighted by Gasteiger charge is 2.18. The highest BCUT2D eigenvalue weighted by atomic mass is 35.5. The molecule has 0 unspecified atom stereocenters. The SMILES string of the molecule is Cc1ccc(Cl)cc1N1CCN(CCCNC(=O)Nc2cn(C)c(=O)c3ccccc23)CC1. The molecule has 2 N–H and O–H groups in total. The zero-order valence-corrected chi connectivity index (χ0v) is 19.9. The van der Waals surface area contributed by atoms with Crippen LogP contribution < -0.4 is 21.1 Å². The summed E-state index contributed by atoms with van der Waals surface area (Å²) < 4.78 is 1.49. The van der Waals surface area contributed by atoms with Crippen LogP contribution in [0, 0.1) is 6.92 Å². The molecule has 0 aliphatic carbocycles. The van der Waals surface area contributed by atoms with Gasteiger partial charge in [-0.1, -0.05) is 35.9 Å². The van der Waals surface area contributed by atoms with Gasteiger partial charge in [0.1, 0.15) is 0 Å². The highest BCUT2D eigenvalue weighted by molar-refractivity contribution is 6.30. The van der Waals surface area contributed by atoms with E-state index >= 15 is 0 Å². The van der Waals surface area contributed by atoms with Crippen molar-refractivity contribution in [1.82, 2.24) is 14.8 Å². The standard InChI is InChI=1S/C25H30ClN5O2/c1-18-8-9-19(26)16-23(18)31-14-12-30(13-15-31)11-5-10-27-25(33)28-22-17-29(2)24(32)21-7-4-3-6-20(21)22/h3-4,6-9,16-17H,5,10-15H2,1-2H3,(H2,27,28,33). The zero-order valence-electron chi connectivity index (χ0n) is 19.1.